The van der Waals surface area contributed by atoms with Crippen molar-refractivity contribution in [3.8, 4) is 0 Å². The highest BCUT2D eigenvalue weighted by molar-refractivity contribution is 5.81. The van der Waals surface area contributed by atoms with Crippen LogP contribution in [0.3, 0.4) is 0 Å². The van der Waals surface area contributed by atoms with Crippen molar-refractivity contribution >= 4 is 5.97 Å². The first-order valence-electron chi connectivity index (χ1n) is 4.39. The van der Waals surface area contributed by atoms with Crippen molar-refractivity contribution < 1.29 is 14.6 Å². The molecule has 0 amide bonds. The van der Waals surface area contributed by atoms with Crippen LogP contribution in [0.5, 0.6) is 0 Å². The van der Waals surface area contributed by atoms with Crippen LogP contribution >= 0.6 is 0 Å². The molecule has 0 unspecified atom stereocenters. The molecule has 0 bridgehead atoms. The monoisotopic (exact) mass is 194 g/mol. The number of benzene rings is 1. The van der Waals surface area contributed by atoms with Gasteiger partial charge in [-0.1, -0.05) is 30.3 Å². The van der Waals surface area contributed by atoms with E-state index in [-0.39, 0.29) is 6.61 Å². The van der Waals surface area contributed by atoms with Crippen LogP contribution in [0.15, 0.2) is 30.3 Å². The lowest BCUT2D eigenvalue weighted by atomic mass is 9.83. The molecule has 3 nitrogen and oxygen atoms in total. The Labute approximate surface area is 83.3 Å². The van der Waals surface area contributed by atoms with Gasteiger partial charge in [0, 0.05) is 7.11 Å². The van der Waals surface area contributed by atoms with Crippen molar-refractivity contribution in [1.82, 2.24) is 0 Å². The van der Waals surface area contributed by atoms with E-state index in [1.807, 2.05) is 18.2 Å². The largest absolute Gasteiger partial charge is 0.481 e. The third-order valence-corrected chi connectivity index (χ3v) is 2.32. The predicted molar refractivity (Wildman–Crippen MR) is 53.3 cm³/mol. The molecule has 0 saturated carbocycles. The summed E-state index contributed by atoms with van der Waals surface area (Å²) in [4.78, 5) is 11.1. The number of hydrogen-bond acceptors (Lipinski definition) is 2. The Morgan fingerprint density at radius 3 is 2.43 bits per heavy atom. The summed E-state index contributed by atoms with van der Waals surface area (Å²) in [5.41, 5.74) is -0.204. The minimum absolute atomic E-state index is 0.173. The Bertz CT molecular complexity index is 308. The topological polar surface area (TPSA) is 46.5 Å². The lowest BCUT2D eigenvalue weighted by molar-refractivity contribution is -0.145. The van der Waals surface area contributed by atoms with Crippen LogP contribution in [0.25, 0.3) is 0 Å². The number of carboxylic acids is 1. The summed E-state index contributed by atoms with van der Waals surface area (Å²) >= 11 is 0. The van der Waals surface area contributed by atoms with E-state index in [0.717, 1.165) is 5.56 Å². The molecule has 0 radical (unpaired) electrons. The van der Waals surface area contributed by atoms with Crippen LogP contribution in [0.1, 0.15) is 12.5 Å². The van der Waals surface area contributed by atoms with Gasteiger partial charge in [-0.05, 0) is 12.5 Å². The van der Waals surface area contributed by atoms with Gasteiger partial charge in [0.15, 0.2) is 0 Å². The molecule has 0 aliphatic heterocycles. The third kappa shape index (κ3) is 1.93. The summed E-state index contributed by atoms with van der Waals surface area (Å²) < 4.78 is 4.94. The molecule has 1 aromatic carbocycles. The lowest BCUT2D eigenvalue weighted by Crippen LogP contribution is -2.36. The molecule has 3 heteroatoms. The van der Waals surface area contributed by atoms with Crippen molar-refractivity contribution in [2.75, 3.05) is 13.7 Å². The summed E-state index contributed by atoms with van der Waals surface area (Å²) in [7, 11) is 1.50. The molecule has 0 fully saturated rings. The third-order valence-electron chi connectivity index (χ3n) is 2.32. The normalized spacial score (nSPS) is 14.7. The first-order chi connectivity index (χ1) is 6.61. The van der Waals surface area contributed by atoms with Crippen molar-refractivity contribution in [3.63, 3.8) is 0 Å². The number of carboxylic acid groups (broad SMARTS) is 1. The molecule has 0 spiro atoms. The summed E-state index contributed by atoms with van der Waals surface area (Å²) in [6.45, 7) is 1.83. The fraction of sp³-hybridized carbons (Fsp3) is 0.364. The van der Waals surface area contributed by atoms with Gasteiger partial charge >= 0.3 is 5.97 Å². The number of rotatable bonds is 4. The molecule has 1 aromatic rings. The molecule has 1 rings (SSSR count). The van der Waals surface area contributed by atoms with Gasteiger partial charge in [0.05, 0.1) is 6.61 Å². The highest BCUT2D eigenvalue weighted by atomic mass is 16.5. The van der Waals surface area contributed by atoms with E-state index >= 15 is 0 Å². The highest BCUT2D eigenvalue weighted by Crippen LogP contribution is 2.24. The van der Waals surface area contributed by atoms with Gasteiger partial charge < -0.3 is 9.84 Å². The van der Waals surface area contributed by atoms with E-state index in [1.165, 1.54) is 7.11 Å². The molecule has 0 heterocycles. The Hall–Kier alpha value is -1.35. The van der Waals surface area contributed by atoms with Crippen LogP contribution in [-0.4, -0.2) is 24.8 Å². The average Bonchev–Trinajstić information content (AvgIpc) is 2.19. The van der Waals surface area contributed by atoms with Gasteiger partial charge in [-0.2, -0.15) is 0 Å². The summed E-state index contributed by atoms with van der Waals surface area (Å²) in [5, 5.41) is 9.14. The van der Waals surface area contributed by atoms with Gasteiger partial charge in [-0.3, -0.25) is 4.79 Å². The maximum absolute atomic E-state index is 11.1. The van der Waals surface area contributed by atoms with E-state index in [0.29, 0.717) is 0 Å². The van der Waals surface area contributed by atoms with Crippen molar-refractivity contribution in [2.24, 2.45) is 0 Å². The van der Waals surface area contributed by atoms with Gasteiger partial charge in [0.1, 0.15) is 5.41 Å². The Kier molecular flexibility index (Phi) is 3.25. The summed E-state index contributed by atoms with van der Waals surface area (Å²) in [6.07, 6.45) is 0. The molecule has 1 atom stereocenters. The SMILES string of the molecule is COC[C@](C)(C(=O)O)c1ccccc1. The standard InChI is InChI=1S/C11H14O3/c1-11(8-14-2,10(12)13)9-6-4-3-5-7-9/h3-7H,8H2,1-2H3,(H,12,13)/t11-/m0/s1. The Morgan fingerprint density at radius 1 is 1.43 bits per heavy atom. The van der Waals surface area contributed by atoms with Crippen LogP contribution in [-0.2, 0) is 14.9 Å². The molecule has 14 heavy (non-hydrogen) atoms. The van der Waals surface area contributed by atoms with Crippen LogP contribution in [0.4, 0.5) is 0 Å². The van der Waals surface area contributed by atoms with E-state index in [9.17, 15) is 4.79 Å². The Morgan fingerprint density at radius 2 is 2.00 bits per heavy atom. The van der Waals surface area contributed by atoms with E-state index < -0.39 is 11.4 Å². The maximum Gasteiger partial charge on any atom is 0.316 e. The first-order valence-corrected chi connectivity index (χ1v) is 4.39. The number of ether oxygens (including phenoxy) is 1. The minimum Gasteiger partial charge on any atom is -0.481 e. The van der Waals surface area contributed by atoms with Crippen molar-refractivity contribution in [3.05, 3.63) is 35.9 Å². The van der Waals surface area contributed by atoms with Crippen molar-refractivity contribution in [2.45, 2.75) is 12.3 Å². The second-order valence-corrected chi connectivity index (χ2v) is 3.44. The number of aliphatic carboxylic acids is 1. The zero-order chi connectivity index (χ0) is 10.6. The molecular weight excluding hydrogens is 180 g/mol. The van der Waals surface area contributed by atoms with E-state index in [2.05, 4.69) is 0 Å². The molecular formula is C11H14O3. The fourth-order valence-electron chi connectivity index (χ4n) is 1.36. The highest BCUT2D eigenvalue weighted by Gasteiger charge is 2.34. The van der Waals surface area contributed by atoms with Crippen LogP contribution < -0.4 is 0 Å². The lowest BCUT2D eigenvalue weighted by Gasteiger charge is -2.24. The smallest absolute Gasteiger partial charge is 0.316 e. The predicted octanol–water partition coefficient (Wildman–Crippen LogP) is 1.68. The maximum atomic E-state index is 11.1. The minimum atomic E-state index is -0.962. The van der Waals surface area contributed by atoms with E-state index in [1.54, 1.807) is 19.1 Å². The van der Waals surface area contributed by atoms with E-state index in [4.69, 9.17) is 9.84 Å². The van der Waals surface area contributed by atoms with Crippen LogP contribution in [0.2, 0.25) is 0 Å². The fourth-order valence-corrected chi connectivity index (χ4v) is 1.36. The van der Waals surface area contributed by atoms with Crippen LogP contribution in [0, 0.1) is 0 Å². The second-order valence-electron chi connectivity index (χ2n) is 3.44. The Balaban J connectivity index is 3.06. The van der Waals surface area contributed by atoms with Crippen molar-refractivity contribution in [1.29, 1.82) is 0 Å². The summed E-state index contributed by atoms with van der Waals surface area (Å²) in [5.74, 6) is -0.870. The van der Waals surface area contributed by atoms with Gasteiger partial charge in [-0.15, -0.1) is 0 Å². The zero-order valence-corrected chi connectivity index (χ0v) is 8.36. The van der Waals surface area contributed by atoms with Gasteiger partial charge in [0.25, 0.3) is 0 Å². The summed E-state index contributed by atoms with van der Waals surface area (Å²) in [6, 6.07) is 9.11. The molecule has 0 aliphatic rings. The molecule has 0 aliphatic carbocycles. The van der Waals surface area contributed by atoms with Gasteiger partial charge in [0.2, 0.25) is 0 Å². The first kappa shape index (κ1) is 10.7. The number of hydrogen-bond donors (Lipinski definition) is 1. The zero-order valence-electron chi connectivity index (χ0n) is 8.36. The average molecular weight is 194 g/mol. The number of methoxy groups -OCH3 is 1. The number of carbonyl (C=O) groups is 1. The molecule has 0 saturated heterocycles. The molecule has 76 valence electrons. The molecule has 0 aromatic heterocycles. The quantitative estimate of drug-likeness (QED) is 0.793. The van der Waals surface area contributed by atoms with Gasteiger partial charge in [-0.25, -0.2) is 0 Å². The second kappa shape index (κ2) is 4.24. The molecule has 1 N–H and O–H groups in total.